The smallest absolute Gasteiger partial charge is 0.309 e. The van der Waals surface area contributed by atoms with Crippen LogP contribution in [0.4, 0.5) is 13.2 Å². The fourth-order valence-corrected chi connectivity index (χ4v) is 1.73. The molecule has 0 aliphatic rings. The van der Waals surface area contributed by atoms with Gasteiger partial charge in [-0.3, -0.25) is 4.79 Å². The van der Waals surface area contributed by atoms with Gasteiger partial charge in [0.1, 0.15) is 5.82 Å². The fraction of sp³-hybridized carbons (Fsp3) is 0.273. The van der Waals surface area contributed by atoms with Crippen molar-refractivity contribution in [1.82, 2.24) is 15.3 Å². The number of fused-ring (bicyclic) bond motifs is 1. The second-order valence-corrected chi connectivity index (χ2v) is 4.33. The van der Waals surface area contributed by atoms with E-state index >= 15 is 0 Å². The first kappa shape index (κ1) is 13.8. The molecule has 1 heterocycles. The van der Waals surface area contributed by atoms with E-state index < -0.39 is 18.3 Å². The predicted octanol–water partition coefficient (Wildman–Crippen LogP) is 2.23. The molecule has 8 heteroatoms. The highest BCUT2D eigenvalue weighted by molar-refractivity contribution is 6.31. The first-order valence-electron chi connectivity index (χ1n) is 5.31. The van der Waals surface area contributed by atoms with Crippen LogP contribution in [-0.4, -0.2) is 22.7 Å². The Balaban J connectivity index is 2.23. The Bertz CT molecular complexity index is 654. The van der Waals surface area contributed by atoms with Crippen molar-refractivity contribution in [2.24, 2.45) is 0 Å². The highest BCUT2D eigenvalue weighted by Gasteiger charge is 2.26. The van der Waals surface area contributed by atoms with Crippen molar-refractivity contribution in [3.63, 3.8) is 0 Å². The highest BCUT2D eigenvalue weighted by Crippen LogP contribution is 2.15. The summed E-state index contributed by atoms with van der Waals surface area (Å²) in [7, 11) is 0. The van der Waals surface area contributed by atoms with Gasteiger partial charge >= 0.3 is 6.18 Å². The number of halogens is 4. The van der Waals surface area contributed by atoms with Gasteiger partial charge < -0.3 is 10.3 Å². The Morgan fingerprint density at radius 1 is 1.37 bits per heavy atom. The summed E-state index contributed by atoms with van der Waals surface area (Å²) >= 11 is 5.77. The van der Waals surface area contributed by atoms with Gasteiger partial charge in [-0.1, -0.05) is 11.6 Å². The number of aromatic amines is 1. The minimum absolute atomic E-state index is 0.129. The number of nitrogens with one attached hydrogen (secondary N) is 2. The zero-order valence-corrected chi connectivity index (χ0v) is 10.3. The molecule has 19 heavy (non-hydrogen) atoms. The lowest BCUT2D eigenvalue weighted by Crippen LogP contribution is -2.29. The lowest BCUT2D eigenvalue weighted by atomic mass is 10.2. The van der Waals surface area contributed by atoms with Crippen LogP contribution >= 0.6 is 11.6 Å². The molecule has 0 unspecified atom stereocenters. The molecule has 2 aromatic rings. The lowest BCUT2D eigenvalue weighted by molar-refractivity contribution is -0.125. The molecule has 0 amide bonds. The van der Waals surface area contributed by atoms with Crippen molar-refractivity contribution in [2.75, 3.05) is 6.54 Å². The second-order valence-electron chi connectivity index (χ2n) is 3.89. The van der Waals surface area contributed by atoms with Gasteiger partial charge in [0.25, 0.3) is 5.56 Å². The van der Waals surface area contributed by atoms with E-state index in [1.807, 2.05) is 0 Å². The molecule has 2 rings (SSSR count). The zero-order valence-electron chi connectivity index (χ0n) is 9.51. The second kappa shape index (κ2) is 5.18. The first-order valence-corrected chi connectivity index (χ1v) is 5.69. The van der Waals surface area contributed by atoms with Crippen LogP contribution in [0, 0.1) is 0 Å². The third-order valence-corrected chi connectivity index (χ3v) is 2.57. The minimum Gasteiger partial charge on any atom is -0.309 e. The minimum atomic E-state index is -4.31. The van der Waals surface area contributed by atoms with Crippen molar-refractivity contribution >= 4 is 22.5 Å². The molecule has 2 N–H and O–H groups in total. The summed E-state index contributed by atoms with van der Waals surface area (Å²) in [5, 5.41) is 2.90. The summed E-state index contributed by atoms with van der Waals surface area (Å²) < 4.78 is 35.9. The van der Waals surface area contributed by atoms with Crippen LogP contribution in [0.25, 0.3) is 10.9 Å². The Morgan fingerprint density at radius 3 is 2.79 bits per heavy atom. The lowest BCUT2D eigenvalue weighted by Gasteiger charge is -2.08. The maximum absolute atomic E-state index is 12.0. The average Bonchev–Trinajstić information content (AvgIpc) is 2.26. The average molecular weight is 292 g/mol. The number of benzene rings is 1. The number of nitrogens with zero attached hydrogens (tertiary/aromatic N) is 1. The standard InChI is InChI=1S/C11H9ClF3N3O/c12-6-1-2-7-8(3-6)17-9(18-10(7)19)4-16-5-11(13,14)15/h1-3,16H,4-5H2,(H,17,18,19). The van der Waals surface area contributed by atoms with Crippen LogP contribution in [-0.2, 0) is 6.54 Å². The third-order valence-electron chi connectivity index (χ3n) is 2.34. The summed E-state index contributed by atoms with van der Waals surface area (Å²) in [5.41, 5.74) is -0.0643. The molecule has 0 fully saturated rings. The van der Waals surface area contributed by atoms with Crippen LogP contribution in [0.1, 0.15) is 5.82 Å². The molecule has 0 saturated heterocycles. The van der Waals surface area contributed by atoms with E-state index in [2.05, 4.69) is 15.3 Å². The maximum Gasteiger partial charge on any atom is 0.401 e. The molecule has 0 aliphatic carbocycles. The van der Waals surface area contributed by atoms with E-state index in [-0.39, 0.29) is 12.4 Å². The molecule has 0 aliphatic heterocycles. The summed E-state index contributed by atoms with van der Waals surface area (Å²) in [6, 6.07) is 4.54. The summed E-state index contributed by atoms with van der Waals surface area (Å²) in [6.45, 7) is -1.33. The summed E-state index contributed by atoms with van der Waals surface area (Å²) in [5.74, 6) is 0.129. The molecule has 102 valence electrons. The van der Waals surface area contributed by atoms with Gasteiger partial charge in [0.2, 0.25) is 0 Å². The van der Waals surface area contributed by atoms with Crippen LogP contribution in [0.2, 0.25) is 5.02 Å². The third kappa shape index (κ3) is 3.68. The molecular formula is C11H9ClF3N3O. The monoisotopic (exact) mass is 291 g/mol. The molecule has 1 aromatic heterocycles. The van der Waals surface area contributed by atoms with E-state index in [1.165, 1.54) is 12.1 Å². The van der Waals surface area contributed by atoms with E-state index in [0.717, 1.165) is 0 Å². The van der Waals surface area contributed by atoms with E-state index in [1.54, 1.807) is 6.07 Å². The maximum atomic E-state index is 12.0. The Hall–Kier alpha value is -1.60. The molecule has 0 atom stereocenters. The molecule has 0 bridgehead atoms. The quantitative estimate of drug-likeness (QED) is 0.912. The van der Waals surface area contributed by atoms with Crippen LogP contribution < -0.4 is 10.9 Å². The van der Waals surface area contributed by atoms with Crippen molar-refractivity contribution in [3.8, 4) is 0 Å². The van der Waals surface area contributed by atoms with E-state index in [9.17, 15) is 18.0 Å². The molecule has 0 radical (unpaired) electrons. The number of alkyl halides is 3. The Morgan fingerprint density at radius 2 is 2.11 bits per heavy atom. The number of rotatable bonds is 3. The van der Waals surface area contributed by atoms with Gasteiger partial charge in [-0.15, -0.1) is 0 Å². The van der Waals surface area contributed by atoms with Crippen molar-refractivity contribution in [2.45, 2.75) is 12.7 Å². The van der Waals surface area contributed by atoms with Crippen LogP contribution in [0.15, 0.2) is 23.0 Å². The Labute approximate surface area is 110 Å². The fourth-order valence-electron chi connectivity index (χ4n) is 1.57. The van der Waals surface area contributed by atoms with Gasteiger partial charge in [0.15, 0.2) is 0 Å². The number of H-pyrrole nitrogens is 1. The SMILES string of the molecule is O=c1[nH]c(CNCC(F)(F)F)nc2cc(Cl)ccc12. The molecular weight excluding hydrogens is 283 g/mol. The van der Waals surface area contributed by atoms with Gasteiger partial charge in [0.05, 0.1) is 24.0 Å². The molecule has 4 nitrogen and oxygen atoms in total. The summed E-state index contributed by atoms with van der Waals surface area (Å²) in [4.78, 5) is 18.1. The van der Waals surface area contributed by atoms with Crippen molar-refractivity contribution in [3.05, 3.63) is 39.4 Å². The van der Waals surface area contributed by atoms with E-state index in [4.69, 9.17) is 11.6 Å². The largest absolute Gasteiger partial charge is 0.401 e. The number of aromatic nitrogens is 2. The molecule has 1 aromatic carbocycles. The molecule has 0 saturated carbocycles. The predicted molar refractivity (Wildman–Crippen MR) is 65.1 cm³/mol. The van der Waals surface area contributed by atoms with Crippen LogP contribution in [0.5, 0.6) is 0 Å². The van der Waals surface area contributed by atoms with Gasteiger partial charge in [-0.05, 0) is 18.2 Å². The van der Waals surface area contributed by atoms with Crippen molar-refractivity contribution < 1.29 is 13.2 Å². The van der Waals surface area contributed by atoms with Crippen molar-refractivity contribution in [1.29, 1.82) is 0 Å². The van der Waals surface area contributed by atoms with Gasteiger partial charge in [0, 0.05) is 5.02 Å². The number of hydrogen-bond donors (Lipinski definition) is 2. The van der Waals surface area contributed by atoms with Gasteiger partial charge in [-0.2, -0.15) is 13.2 Å². The topological polar surface area (TPSA) is 57.8 Å². The zero-order chi connectivity index (χ0) is 14.0. The van der Waals surface area contributed by atoms with Gasteiger partial charge in [-0.25, -0.2) is 4.98 Å². The normalized spacial score (nSPS) is 12.0. The first-order chi connectivity index (χ1) is 8.85. The van der Waals surface area contributed by atoms with Crippen LogP contribution in [0.3, 0.4) is 0 Å². The highest BCUT2D eigenvalue weighted by atomic mass is 35.5. The van der Waals surface area contributed by atoms with E-state index in [0.29, 0.717) is 15.9 Å². The number of hydrogen-bond acceptors (Lipinski definition) is 3. The summed E-state index contributed by atoms with van der Waals surface area (Å²) in [6.07, 6.45) is -4.31. The Kier molecular flexibility index (Phi) is 3.77. The molecule has 0 spiro atoms.